The molecule has 0 saturated heterocycles. The van der Waals surface area contributed by atoms with Crippen molar-refractivity contribution in [1.82, 2.24) is 0 Å². The number of esters is 3. The van der Waals surface area contributed by atoms with Crippen LogP contribution in [0.4, 0.5) is 0 Å². The first-order chi connectivity index (χ1) is 22.4. The Balaban J connectivity index is 0.000000353. The minimum Gasteiger partial charge on any atom is -0.464 e. The van der Waals surface area contributed by atoms with E-state index in [9.17, 15) is 29.7 Å². The molecule has 0 heterocycles. The molecule has 0 amide bonds. The molecule has 276 valence electrons. The van der Waals surface area contributed by atoms with Crippen LogP contribution in [0.5, 0.6) is 0 Å². The summed E-state index contributed by atoms with van der Waals surface area (Å²) in [5, 5.41) is 30.5. The van der Waals surface area contributed by atoms with Gasteiger partial charge in [-0.2, -0.15) is 0 Å². The molecule has 47 heavy (non-hydrogen) atoms. The van der Waals surface area contributed by atoms with E-state index in [0.717, 1.165) is 58.0 Å². The van der Waals surface area contributed by atoms with E-state index in [2.05, 4.69) is 0 Å². The van der Waals surface area contributed by atoms with Gasteiger partial charge < -0.3 is 43.7 Å². The number of hydrogen-bond donors (Lipinski definition) is 3. The fraction of sp³-hybridized carbons (Fsp3) is 0.914. The molecule has 12 heteroatoms. The molecule has 3 saturated carbocycles. The number of aliphatic hydroxyl groups is 3. The van der Waals surface area contributed by atoms with Crippen molar-refractivity contribution in [3.8, 4) is 0 Å². The highest BCUT2D eigenvalue weighted by Crippen LogP contribution is 2.36. The molecule has 3 aliphatic carbocycles. The highest BCUT2D eigenvalue weighted by Gasteiger charge is 2.43. The fourth-order valence-electron chi connectivity index (χ4n) is 6.74. The van der Waals surface area contributed by atoms with E-state index in [1.165, 1.54) is 0 Å². The van der Waals surface area contributed by atoms with Gasteiger partial charge in [0.2, 0.25) is 0 Å². The average molecular weight is 677 g/mol. The predicted molar refractivity (Wildman–Crippen MR) is 175 cm³/mol. The summed E-state index contributed by atoms with van der Waals surface area (Å²) in [7, 11) is 5.00. The maximum atomic E-state index is 11.6. The van der Waals surface area contributed by atoms with E-state index in [0.29, 0.717) is 83.4 Å². The lowest BCUT2D eigenvalue weighted by atomic mass is 9.77. The SMILES string of the molecule is CCOC(=O)C1(O)CCC(CCOC)CC1.CCOC(=O)C1(O)CCCC(CCOC)C1.CCOC(=O)C1(O)CCCC(COC)C1. The Morgan fingerprint density at radius 1 is 0.553 bits per heavy atom. The van der Waals surface area contributed by atoms with Crippen molar-refractivity contribution in [3.63, 3.8) is 0 Å². The maximum absolute atomic E-state index is 11.6. The van der Waals surface area contributed by atoms with Gasteiger partial charge in [-0.05, 0) is 122 Å². The van der Waals surface area contributed by atoms with E-state index >= 15 is 0 Å². The monoisotopic (exact) mass is 676 g/mol. The molecule has 0 spiro atoms. The van der Waals surface area contributed by atoms with Crippen LogP contribution >= 0.6 is 0 Å². The van der Waals surface area contributed by atoms with E-state index in [1.807, 2.05) is 0 Å². The molecule has 3 N–H and O–H groups in total. The van der Waals surface area contributed by atoms with Gasteiger partial charge in [-0.1, -0.05) is 6.42 Å². The van der Waals surface area contributed by atoms with Crippen LogP contribution in [0.1, 0.15) is 111 Å². The average Bonchev–Trinajstić information content (AvgIpc) is 3.05. The van der Waals surface area contributed by atoms with Gasteiger partial charge >= 0.3 is 17.9 Å². The van der Waals surface area contributed by atoms with Gasteiger partial charge in [0, 0.05) is 41.2 Å². The number of ether oxygens (including phenoxy) is 6. The van der Waals surface area contributed by atoms with Crippen LogP contribution in [0.25, 0.3) is 0 Å². The van der Waals surface area contributed by atoms with Gasteiger partial charge in [0.1, 0.15) is 0 Å². The lowest BCUT2D eigenvalue weighted by Gasteiger charge is -2.34. The molecule has 3 aliphatic rings. The van der Waals surface area contributed by atoms with Crippen molar-refractivity contribution in [2.24, 2.45) is 17.8 Å². The first-order valence-electron chi connectivity index (χ1n) is 17.5. The van der Waals surface area contributed by atoms with Gasteiger partial charge in [0.05, 0.1) is 19.8 Å². The van der Waals surface area contributed by atoms with Crippen LogP contribution in [-0.4, -0.2) is 111 Å². The van der Waals surface area contributed by atoms with Crippen molar-refractivity contribution < 1.29 is 58.1 Å². The van der Waals surface area contributed by atoms with Gasteiger partial charge in [0.15, 0.2) is 16.8 Å². The number of rotatable bonds is 14. The summed E-state index contributed by atoms with van der Waals surface area (Å²) in [5.41, 5.74) is -3.77. The van der Waals surface area contributed by atoms with Gasteiger partial charge in [-0.25, -0.2) is 14.4 Å². The molecule has 0 aromatic heterocycles. The third-order valence-corrected chi connectivity index (χ3v) is 9.42. The summed E-state index contributed by atoms with van der Waals surface area (Å²) in [4.78, 5) is 34.7. The molecular formula is C35H64O12. The van der Waals surface area contributed by atoms with E-state index in [4.69, 9.17) is 28.4 Å². The number of methoxy groups -OCH3 is 3. The zero-order valence-corrected chi connectivity index (χ0v) is 29.9. The van der Waals surface area contributed by atoms with Crippen LogP contribution in [-0.2, 0) is 42.8 Å². The smallest absolute Gasteiger partial charge is 0.338 e. The molecule has 0 aromatic rings. The Bertz CT molecular complexity index is 888. The van der Waals surface area contributed by atoms with E-state index in [-0.39, 0.29) is 5.92 Å². The predicted octanol–water partition coefficient (Wildman–Crippen LogP) is 4.13. The van der Waals surface area contributed by atoms with Gasteiger partial charge in [-0.3, -0.25) is 0 Å². The first kappa shape index (κ1) is 43.2. The van der Waals surface area contributed by atoms with E-state index in [1.54, 1.807) is 42.1 Å². The second kappa shape index (κ2) is 22.7. The Kier molecular flexibility index (Phi) is 20.9. The molecule has 12 nitrogen and oxygen atoms in total. The molecule has 0 aromatic carbocycles. The summed E-state index contributed by atoms with van der Waals surface area (Å²) in [5.74, 6) is -0.209. The Morgan fingerprint density at radius 3 is 1.38 bits per heavy atom. The zero-order valence-electron chi connectivity index (χ0n) is 29.9. The topological polar surface area (TPSA) is 167 Å². The quantitative estimate of drug-likeness (QED) is 0.178. The summed E-state index contributed by atoms with van der Waals surface area (Å²) in [6, 6.07) is 0. The minimum atomic E-state index is -1.28. The molecule has 4 unspecified atom stereocenters. The van der Waals surface area contributed by atoms with Crippen molar-refractivity contribution in [1.29, 1.82) is 0 Å². The molecule has 0 bridgehead atoms. The molecule has 4 atom stereocenters. The van der Waals surface area contributed by atoms with Crippen LogP contribution in [0.3, 0.4) is 0 Å². The molecule has 3 rings (SSSR count). The summed E-state index contributed by atoms with van der Waals surface area (Å²) < 4.78 is 29.8. The highest BCUT2D eigenvalue weighted by atomic mass is 16.6. The van der Waals surface area contributed by atoms with Crippen molar-refractivity contribution in [2.75, 3.05) is 61.0 Å². The third kappa shape index (κ3) is 15.1. The molecule has 0 radical (unpaired) electrons. The summed E-state index contributed by atoms with van der Waals surface area (Å²) in [6.07, 6.45) is 10.5. The van der Waals surface area contributed by atoms with Gasteiger partial charge in [0.25, 0.3) is 0 Å². The summed E-state index contributed by atoms with van der Waals surface area (Å²) >= 11 is 0. The Labute approximate surface area is 282 Å². The lowest BCUT2D eigenvalue weighted by molar-refractivity contribution is -0.171. The molecule has 3 fully saturated rings. The molecule has 0 aliphatic heterocycles. The lowest BCUT2D eigenvalue weighted by Crippen LogP contribution is -2.45. The highest BCUT2D eigenvalue weighted by molar-refractivity contribution is 5.80. The van der Waals surface area contributed by atoms with Crippen molar-refractivity contribution >= 4 is 17.9 Å². The zero-order chi connectivity index (χ0) is 35.3. The number of carbonyl (C=O) groups excluding carboxylic acids is 3. The Hall–Kier alpha value is -1.83. The second-order valence-corrected chi connectivity index (χ2v) is 13.1. The van der Waals surface area contributed by atoms with E-state index < -0.39 is 34.7 Å². The standard InChI is InChI=1S/2C12H22O4.C11H20O4/c1-3-16-11(13)12(14)7-4-10(5-8-12)6-9-15-2;1-3-16-11(13)12(14)7-4-5-10(9-12)6-8-15-2;1-3-15-10(12)11(13)6-4-5-9(7-11)8-14-2/h2*10,14H,3-9H2,1-2H3;9,13H,3-8H2,1-2H3. The third-order valence-electron chi connectivity index (χ3n) is 9.42. The van der Waals surface area contributed by atoms with Crippen LogP contribution in [0, 0.1) is 17.8 Å². The van der Waals surface area contributed by atoms with Crippen molar-refractivity contribution in [3.05, 3.63) is 0 Å². The first-order valence-corrected chi connectivity index (χ1v) is 17.5. The van der Waals surface area contributed by atoms with Crippen LogP contribution in [0.15, 0.2) is 0 Å². The second-order valence-electron chi connectivity index (χ2n) is 13.1. The maximum Gasteiger partial charge on any atom is 0.338 e. The van der Waals surface area contributed by atoms with Crippen LogP contribution in [0.2, 0.25) is 0 Å². The van der Waals surface area contributed by atoms with Crippen molar-refractivity contribution in [2.45, 2.75) is 127 Å². The summed E-state index contributed by atoms with van der Waals surface area (Å²) in [6.45, 7) is 8.26. The fourth-order valence-corrected chi connectivity index (χ4v) is 6.74. The minimum absolute atomic E-state index is 0.262. The largest absolute Gasteiger partial charge is 0.464 e. The molecular weight excluding hydrogens is 612 g/mol. The van der Waals surface area contributed by atoms with Gasteiger partial charge in [-0.15, -0.1) is 0 Å². The Morgan fingerprint density at radius 2 is 0.957 bits per heavy atom. The number of hydrogen-bond acceptors (Lipinski definition) is 12. The normalized spacial score (nSPS) is 30.4. The van der Waals surface area contributed by atoms with Crippen LogP contribution < -0.4 is 0 Å². The number of carbonyl (C=O) groups is 3.